The molecule has 0 spiro atoms. The van der Waals surface area contributed by atoms with E-state index in [4.69, 9.17) is 9.47 Å². The molecule has 1 amide bonds. The minimum absolute atomic E-state index is 0.0236. The van der Waals surface area contributed by atoms with Gasteiger partial charge in [-0.25, -0.2) is 4.98 Å². The number of carbonyl (C=O) groups excluding carboxylic acids is 1. The highest BCUT2D eigenvalue weighted by Gasteiger charge is 2.17. The quantitative estimate of drug-likeness (QED) is 0.396. The minimum atomic E-state index is -0.0236. The first kappa shape index (κ1) is 23.5. The SMILES string of the molecule is CCOc1ccc(Nc2nc(Cc3nnc(SCC(=O)NC[C@H]4CCCO4)n3C)cs2)cc1. The molecule has 11 heteroatoms. The van der Waals surface area contributed by atoms with E-state index in [-0.39, 0.29) is 12.0 Å². The van der Waals surface area contributed by atoms with E-state index in [2.05, 4.69) is 25.8 Å². The van der Waals surface area contributed by atoms with Gasteiger partial charge in [-0.2, -0.15) is 0 Å². The largest absolute Gasteiger partial charge is 0.494 e. The maximum atomic E-state index is 12.1. The zero-order valence-electron chi connectivity index (χ0n) is 18.7. The summed E-state index contributed by atoms with van der Waals surface area (Å²) in [7, 11) is 1.91. The summed E-state index contributed by atoms with van der Waals surface area (Å²) in [5.74, 6) is 1.92. The molecule has 1 saturated heterocycles. The van der Waals surface area contributed by atoms with Crippen LogP contribution in [-0.2, 0) is 23.0 Å². The molecule has 0 aliphatic carbocycles. The fraction of sp³-hybridized carbons (Fsp3) is 0.455. The first-order valence-corrected chi connectivity index (χ1v) is 12.8. The molecule has 33 heavy (non-hydrogen) atoms. The first-order valence-electron chi connectivity index (χ1n) is 10.9. The number of carbonyl (C=O) groups is 1. The van der Waals surface area contributed by atoms with Crippen LogP contribution in [0.3, 0.4) is 0 Å². The van der Waals surface area contributed by atoms with Gasteiger partial charge in [-0.15, -0.1) is 21.5 Å². The Morgan fingerprint density at radius 1 is 1.33 bits per heavy atom. The van der Waals surface area contributed by atoms with Crippen LogP contribution in [0, 0.1) is 0 Å². The second-order valence-corrected chi connectivity index (χ2v) is 9.39. The van der Waals surface area contributed by atoms with Gasteiger partial charge in [-0.05, 0) is 44.0 Å². The summed E-state index contributed by atoms with van der Waals surface area (Å²) in [6.45, 7) is 3.97. The zero-order valence-corrected chi connectivity index (χ0v) is 20.4. The number of thiazole rings is 1. The molecule has 9 nitrogen and oxygen atoms in total. The minimum Gasteiger partial charge on any atom is -0.494 e. The number of hydrogen-bond donors (Lipinski definition) is 2. The molecule has 1 atom stereocenters. The van der Waals surface area contributed by atoms with Crippen LogP contribution in [0.25, 0.3) is 0 Å². The number of anilines is 2. The van der Waals surface area contributed by atoms with Crippen molar-refractivity contribution in [3.63, 3.8) is 0 Å². The van der Waals surface area contributed by atoms with Gasteiger partial charge in [0.25, 0.3) is 0 Å². The monoisotopic (exact) mass is 488 g/mol. The lowest BCUT2D eigenvalue weighted by molar-refractivity contribution is -0.119. The number of nitrogens with one attached hydrogen (secondary N) is 2. The highest BCUT2D eigenvalue weighted by Crippen LogP contribution is 2.24. The average molecular weight is 489 g/mol. The van der Waals surface area contributed by atoms with E-state index in [1.165, 1.54) is 11.8 Å². The van der Waals surface area contributed by atoms with E-state index in [9.17, 15) is 4.79 Å². The van der Waals surface area contributed by atoms with Crippen LogP contribution in [0.1, 0.15) is 31.3 Å². The lowest BCUT2D eigenvalue weighted by Gasteiger charge is -2.10. The van der Waals surface area contributed by atoms with Crippen LogP contribution >= 0.6 is 23.1 Å². The van der Waals surface area contributed by atoms with Gasteiger partial charge >= 0.3 is 0 Å². The fourth-order valence-corrected chi connectivity index (χ4v) is 4.86. The number of nitrogens with zero attached hydrogens (tertiary/aromatic N) is 4. The molecule has 0 unspecified atom stereocenters. The summed E-state index contributed by atoms with van der Waals surface area (Å²) in [6, 6.07) is 7.80. The molecule has 3 heterocycles. The van der Waals surface area contributed by atoms with Crippen molar-refractivity contribution >= 4 is 39.8 Å². The van der Waals surface area contributed by atoms with Crippen molar-refractivity contribution in [2.24, 2.45) is 7.05 Å². The lowest BCUT2D eigenvalue weighted by Crippen LogP contribution is -2.32. The summed E-state index contributed by atoms with van der Waals surface area (Å²) in [6.07, 6.45) is 2.78. The first-order chi connectivity index (χ1) is 16.1. The number of ether oxygens (including phenoxy) is 2. The van der Waals surface area contributed by atoms with Crippen molar-refractivity contribution < 1.29 is 14.3 Å². The van der Waals surface area contributed by atoms with Crippen LogP contribution in [0.15, 0.2) is 34.8 Å². The van der Waals surface area contributed by atoms with Crippen molar-refractivity contribution in [1.29, 1.82) is 0 Å². The Morgan fingerprint density at radius 3 is 2.94 bits per heavy atom. The molecule has 4 rings (SSSR count). The second-order valence-electron chi connectivity index (χ2n) is 7.59. The van der Waals surface area contributed by atoms with Crippen molar-refractivity contribution in [2.75, 3.05) is 30.8 Å². The maximum Gasteiger partial charge on any atom is 0.230 e. The molecule has 1 aliphatic rings. The Hall–Kier alpha value is -2.63. The van der Waals surface area contributed by atoms with Crippen LogP contribution in [0.5, 0.6) is 5.75 Å². The average Bonchev–Trinajstić information content (AvgIpc) is 3.56. The van der Waals surface area contributed by atoms with E-state index >= 15 is 0 Å². The van der Waals surface area contributed by atoms with E-state index in [1.54, 1.807) is 11.3 Å². The normalized spacial score (nSPS) is 15.5. The zero-order chi connectivity index (χ0) is 23.0. The molecule has 176 valence electrons. The van der Waals surface area contributed by atoms with E-state index in [0.717, 1.165) is 47.5 Å². The third-order valence-corrected chi connectivity index (χ3v) is 6.94. The summed E-state index contributed by atoms with van der Waals surface area (Å²) in [5, 5.41) is 18.3. The molecule has 1 aliphatic heterocycles. The van der Waals surface area contributed by atoms with Crippen molar-refractivity contribution in [1.82, 2.24) is 25.1 Å². The third-order valence-electron chi connectivity index (χ3n) is 5.12. The Balaban J connectivity index is 1.26. The predicted octanol–water partition coefficient (Wildman–Crippen LogP) is 3.39. The Labute approximate surface area is 201 Å². The lowest BCUT2D eigenvalue weighted by atomic mass is 10.2. The fourth-order valence-electron chi connectivity index (χ4n) is 3.37. The maximum absolute atomic E-state index is 12.1. The van der Waals surface area contributed by atoms with Crippen molar-refractivity contribution in [3.05, 3.63) is 41.2 Å². The molecule has 2 N–H and O–H groups in total. The summed E-state index contributed by atoms with van der Waals surface area (Å²) in [5.41, 5.74) is 1.87. The molecule has 1 aromatic carbocycles. The molecular weight excluding hydrogens is 460 g/mol. The number of benzene rings is 1. The van der Waals surface area contributed by atoms with Crippen LogP contribution in [0.4, 0.5) is 10.8 Å². The summed E-state index contributed by atoms with van der Waals surface area (Å²) >= 11 is 2.92. The predicted molar refractivity (Wildman–Crippen MR) is 130 cm³/mol. The number of hydrogen-bond acceptors (Lipinski definition) is 9. The van der Waals surface area contributed by atoms with Crippen LogP contribution in [0.2, 0.25) is 0 Å². The van der Waals surface area contributed by atoms with Gasteiger partial charge in [0.05, 0.1) is 30.6 Å². The highest BCUT2D eigenvalue weighted by atomic mass is 32.2. The highest BCUT2D eigenvalue weighted by molar-refractivity contribution is 7.99. The van der Waals surface area contributed by atoms with Crippen molar-refractivity contribution in [2.45, 2.75) is 37.4 Å². The molecule has 1 fully saturated rings. The Bertz CT molecular complexity index is 1050. The van der Waals surface area contributed by atoms with E-state index < -0.39 is 0 Å². The molecule has 3 aromatic rings. The van der Waals surface area contributed by atoms with Gasteiger partial charge in [-0.3, -0.25) is 4.79 Å². The molecule has 0 radical (unpaired) electrons. The Morgan fingerprint density at radius 2 is 2.18 bits per heavy atom. The van der Waals surface area contributed by atoms with Crippen molar-refractivity contribution in [3.8, 4) is 5.75 Å². The van der Waals surface area contributed by atoms with Crippen LogP contribution < -0.4 is 15.4 Å². The summed E-state index contributed by atoms with van der Waals surface area (Å²) in [4.78, 5) is 16.8. The number of aromatic nitrogens is 4. The van der Waals surface area contributed by atoms with E-state index in [0.29, 0.717) is 30.5 Å². The van der Waals surface area contributed by atoms with Gasteiger partial charge in [0.1, 0.15) is 11.6 Å². The topological polar surface area (TPSA) is 103 Å². The number of thioether (sulfide) groups is 1. The van der Waals surface area contributed by atoms with Gasteiger partial charge < -0.3 is 24.7 Å². The Kier molecular flexibility index (Phi) is 8.19. The smallest absolute Gasteiger partial charge is 0.230 e. The molecular formula is C22H28N6O3S2. The van der Waals surface area contributed by atoms with Gasteiger partial charge in [-0.1, -0.05) is 11.8 Å². The number of amides is 1. The van der Waals surface area contributed by atoms with Gasteiger partial charge in [0.2, 0.25) is 5.91 Å². The standard InChI is InChI=1S/C22H28N6O3S2/c1-3-30-17-8-6-15(7-9-17)24-21-25-16(13-32-21)11-19-26-27-22(28(19)2)33-14-20(29)23-12-18-5-4-10-31-18/h6-9,13,18H,3-5,10-12,14H2,1-2H3,(H,23,29)(H,24,25)/t18-/m1/s1. The van der Waals surface area contributed by atoms with Crippen LogP contribution in [-0.4, -0.2) is 57.3 Å². The number of rotatable bonds is 11. The van der Waals surface area contributed by atoms with Gasteiger partial charge in [0.15, 0.2) is 10.3 Å². The third kappa shape index (κ3) is 6.68. The van der Waals surface area contributed by atoms with Gasteiger partial charge in [0, 0.05) is 31.3 Å². The van der Waals surface area contributed by atoms with E-state index in [1.807, 2.05) is 48.2 Å². The summed E-state index contributed by atoms with van der Waals surface area (Å²) < 4.78 is 12.9. The second kappa shape index (κ2) is 11.5. The molecule has 2 aromatic heterocycles. The molecule has 0 bridgehead atoms. The molecule has 0 saturated carbocycles.